The summed E-state index contributed by atoms with van der Waals surface area (Å²) in [4.78, 5) is 99.6. The lowest BCUT2D eigenvalue weighted by Crippen LogP contribution is -2.47. The van der Waals surface area contributed by atoms with Crippen LogP contribution >= 0.6 is 12.2 Å². The average molecular weight is 1170 g/mol. The quantitative estimate of drug-likeness (QED) is 0.0359. The second-order valence-electron chi connectivity index (χ2n) is 16.9. The minimum absolute atomic E-state index is 0.0458. The predicted molar refractivity (Wildman–Crippen MR) is 306 cm³/mol. The van der Waals surface area contributed by atoms with Crippen molar-refractivity contribution in [1.29, 1.82) is 0 Å². The average Bonchev–Trinajstić information content (AvgIpc) is 3.35. The molecule has 0 aromatic heterocycles. The molecule has 1 heterocycles. The number of carboxylic acids is 8. The van der Waals surface area contributed by atoms with Gasteiger partial charge in [0.25, 0.3) is 23.9 Å². The maximum Gasteiger partial charge on any atom is 0.326 e. The van der Waals surface area contributed by atoms with Crippen LogP contribution in [0.1, 0.15) is 118 Å². The molecule has 3 atom stereocenters. The van der Waals surface area contributed by atoms with Gasteiger partial charge in [-0.2, -0.15) is 0 Å². The second kappa shape index (κ2) is 58.1. The largest absolute Gasteiger partial charge is 0.481 e. The summed E-state index contributed by atoms with van der Waals surface area (Å²) in [6.07, 6.45) is 10.5. The van der Waals surface area contributed by atoms with Crippen LogP contribution in [0.4, 0.5) is 10.5 Å². The lowest BCUT2D eigenvalue weighted by Gasteiger charge is -2.21. The third-order valence-corrected chi connectivity index (χ3v) is 9.66. The number of likely N-dealkylation sites (N-methyl/N-ethyl adjacent to an activating group) is 1. The van der Waals surface area contributed by atoms with Gasteiger partial charge in [-0.05, 0) is 88.3 Å². The molecular weight excluding hydrogens is 1070 g/mol. The van der Waals surface area contributed by atoms with Crippen molar-refractivity contribution < 1.29 is 88.8 Å². The first kappa shape index (κ1) is 81.8. The number of hydrogen-bond donors (Lipinski definition) is 18. The van der Waals surface area contributed by atoms with E-state index in [0.29, 0.717) is 43.4 Å². The number of aldehydes is 1. The third kappa shape index (κ3) is 71.0. The number of allylic oxidation sites excluding steroid dienone is 1. The first-order chi connectivity index (χ1) is 37.7. The van der Waals surface area contributed by atoms with E-state index in [-0.39, 0.29) is 25.3 Å². The Bertz CT molecular complexity index is 1840. The van der Waals surface area contributed by atoms with E-state index < -0.39 is 66.4 Å². The van der Waals surface area contributed by atoms with Gasteiger partial charge in [0.15, 0.2) is 5.11 Å². The normalized spacial score (nSPS) is 13.5. The highest BCUT2D eigenvalue weighted by molar-refractivity contribution is 7.80. The number of anilines is 1. The first-order valence-corrected chi connectivity index (χ1v) is 26.3. The minimum atomic E-state index is -1.22. The van der Waals surface area contributed by atoms with Gasteiger partial charge >= 0.3 is 29.9 Å². The molecule has 18 N–H and O–H groups in total. The van der Waals surface area contributed by atoms with Crippen LogP contribution in [0.2, 0.25) is 0 Å². The van der Waals surface area contributed by atoms with Crippen LogP contribution in [0.15, 0.2) is 36.0 Å². The first-order valence-electron chi connectivity index (χ1n) is 25.9. The van der Waals surface area contributed by atoms with Crippen molar-refractivity contribution in [3.05, 3.63) is 41.6 Å². The van der Waals surface area contributed by atoms with Crippen molar-refractivity contribution in [3.63, 3.8) is 0 Å². The SMILES string of the molecule is CC(=O)O.CC(=O)O.CC(=O)O.CC(=O)O.CC/C=C(\NCCCCC(NC(=O)NCC(=O)O)C(=O)O)C(CCC(=O)O)NC.CCC(=O)O.O=CCCCCCNC(=S)Nc1ccc(CC2CNCCNCCNCCN2)cc1. The predicted octanol–water partition coefficient (Wildman–Crippen LogP) is 2.19. The van der Waals surface area contributed by atoms with Crippen LogP contribution in [0.5, 0.6) is 0 Å². The van der Waals surface area contributed by atoms with Crippen molar-refractivity contribution in [2.45, 2.75) is 137 Å². The molecule has 80 heavy (non-hydrogen) atoms. The molecular formula is C51H92N10O18S. The van der Waals surface area contributed by atoms with E-state index in [0.717, 1.165) is 130 Å². The summed E-state index contributed by atoms with van der Waals surface area (Å²) >= 11 is 5.37. The highest BCUT2D eigenvalue weighted by atomic mass is 32.1. The Labute approximate surface area is 474 Å². The van der Waals surface area contributed by atoms with Gasteiger partial charge in [0, 0.05) is 129 Å². The molecule has 0 bridgehead atoms. The van der Waals surface area contributed by atoms with E-state index in [9.17, 15) is 33.9 Å². The Kier molecular flexibility index (Phi) is 59.4. The fraction of sp³-hybridized carbons (Fsp3) is 0.627. The van der Waals surface area contributed by atoms with Gasteiger partial charge in [0.05, 0.1) is 0 Å². The zero-order chi connectivity index (χ0) is 62.1. The number of carbonyl (C=O) groups is 10. The van der Waals surface area contributed by atoms with E-state index in [1.165, 1.54) is 5.56 Å². The number of benzene rings is 1. The molecule has 28 nitrogen and oxygen atoms in total. The van der Waals surface area contributed by atoms with Gasteiger partial charge in [0.2, 0.25) is 0 Å². The Morgan fingerprint density at radius 1 is 0.637 bits per heavy atom. The number of amides is 2. The van der Waals surface area contributed by atoms with Crippen LogP contribution in [0.25, 0.3) is 0 Å². The number of thiocarbonyl (C=S) groups is 1. The standard InChI is InChI=1S/C22H38N6OS.C18H32N4O7.C3H6O2.4C2H4O2/c29-16-4-2-1-3-9-27-22(30)28-20-7-5-19(6-8-20)17-21-18-25-13-12-23-10-11-24-14-15-26-21;1-3-6-13(12(19-2)8-9-15(23)24)20-10-5-4-7-14(17(27)28)22-18(29)21-11-16(25)26;1-2-3(4)5;4*1-2(3)4/h5-8,16,21,23-26H,1-4,9-15,17-18H2,(H2,27,28,30);6,12,14,19-20H,3-5,7-11H2,1-2H3,(H,23,24)(H,25,26)(H,27,28)(H2,21,22,29);2H2,1H3,(H,4,5);4*1H3,(H,3,4)/b;13-6-;;;;;. The van der Waals surface area contributed by atoms with Crippen LogP contribution in [-0.4, -0.2) is 197 Å². The Morgan fingerprint density at radius 3 is 1.60 bits per heavy atom. The van der Waals surface area contributed by atoms with E-state index in [2.05, 4.69) is 77.4 Å². The highest BCUT2D eigenvalue weighted by Gasteiger charge is 2.20. The van der Waals surface area contributed by atoms with Crippen LogP contribution in [-0.2, 0) is 49.6 Å². The number of carboxylic acid groups (broad SMARTS) is 8. The lowest BCUT2D eigenvalue weighted by molar-refractivity contribution is -0.140. The molecule has 3 unspecified atom stereocenters. The van der Waals surface area contributed by atoms with Crippen molar-refractivity contribution in [3.8, 4) is 0 Å². The third-order valence-electron chi connectivity index (χ3n) is 9.41. The molecule has 1 aromatic rings. The van der Waals surface area contributed by atoms with E-state index in [1.807, 2.05) is 13.0 Å². The summed E-state index contributed by atoms with van der Waals surface area (Å²) in [6, 6.07) is 6.84. The van der Waals surface area contributed by atoms with Gasteiger partial charge in [0.1, 0.15) is 18.9 Å². The number of hydrogen-bond acceptors (Lipinski definition) is 17. The zero-order valence-electron chi connectivity index (χ0n) is 47.3. The molecule has 1 saturated heterocycles. The molecule has 2 amide bonds. The van der Waals surface area contributed by atoms with Gasteiger partial charge in [-0.25, -0.2) is 9.59 Å². The Morgan fingerprint density at radius 2 is 1.14 bits per heavy atom. The Hall–Kier alpha value is -7.05. The molecule has 0 radical (unpaired) electrons. The van der Waals surface area contributed by atoms with Crippen molar-refractivity contribution in [2.75, 3.05) is 77.8 Å². The second-order valence-corrected chi connectivity index (χ2v) is 17.3. The summed E-state index contributed by atoms with van der Waals surface area (Å²) in [5.74, 6) is -7.36. The topological polar surface area (TPSA) is 453 Å². The van der Waals surface area contributed by atoms with Gasteiger partial charge in [-0.3, -0.25) is 33.6 Å². The monoisotopic (exact) mass is 1160 g/mol. The number of unbranched alkanes of at least 4 members (excludes halogenated alkanes) is 4. The van der Waals surface area contributed by atoms with Crippen LogP contribution in [0, 0.1) is 0 Å². The van der Waals surface area contributed by atoms with Crippen LogP contribution < -0.4 is 53.2 Å². The van der Waals surface area contributed by atoms with E-state index in [4.69, 9.17) is 67.1 Å². The maximum absolute atomic E-state index is 11.5. The molecule has 0 saturated carbocycles. The van der Waals surface area contributed by atoms with Crippen molar-refractivity contribution in [1.82, 2.24) is 47.9 Å². The molecule has 2 rings (SSSR count). The molecule has 1 aliphatic heterocycles. The molecule has 460 valence electrons. The van der Waals surface area contributed by atoms with E-state index in [1.54, 1.807) is 14.0 Å². The summed E-state index contributed by atoms with van der Waals surface area (Å²) in [5, 5.41) is 95.8. The zero-order valence-corrected chi connectivity index (χ0v) is 48.1. The molecule has 0 aliphatic carbocycles. The maximum atomic E-state index is 11.5. The summed E-state index contributed by atoms with van der Waals surface area (Å²) in [7, 11) is 1.76. The van der Waals surface area contributed by atoms with Crippen molar-refractivity contribution in [2.24, 2.45) is 0 Å². The number of urea groups is 1. The highest BCUT2D eigenvalue weighted by Crippen LogP contribution is 2.12. The van der Waals surface area contributed by atoms with Gasteiger partial charge in [-0.1, -0.05) is 38.5 Å². The summed E-state index contributed by atoms with van der Waals surface area (Å²) in [6.45, 7) is 15.7. The number of nitrogens with one attached hydrogen (secondary N) is 10. The van der Waals surface area contributed by atoms with Gasteiger partial charge in [-0.15, -0.1) is 0 Å². The summed E-state index contributed by atoms with van der Waals surface area (Å²) in [5.41, 5.74) is 3.21. The lowest BCUT2D eigenvalue weighted by atomic mass is 10.1. The van der Waals surface area contributed by atoms with E-state index >= 15 is 0 Å². The fourth-order valence-corrected chi connectivity index (χ4v) is 6.21. The smallest absolute Gasteiger partial charge is 0.326 e. The number of rotatable bonds is 26. The molecule has 1 aliphatic rings. The Balaban J connectivity index is -0.000000345. The summed E-state index contributed by atoms with van der Waals surface area (Å²) < 4.78 is 0. The number of carbonyl (C=O) groups excluding carboxylic acids is 2. The molecule has 1 aromatic carbocycles. The van der Waals surface area contributed by atoms with Crippen molar-refractivity contribution >= 4 is 83.1 Å². The van der Waals surface area contributed by atoms with Gasteiger partial charge < -0.3 is 98.8 Å². The number of aliphatic carboxylic acids is 8. The molecule has 1 fully saturated rings. The minimum Gasteiger partial charge on any atom is -0.481 e. The van der Waals surface area contributed by atoms with Crippen LogP contribution in [0.3, 0.4) is 0 Å². The fourth-order valence-electron chi connectivity index (χ4n) is 5.99. The molecule has 0 spiro atoms. The molecule has 29 heteroatoms.